The van der Waals surface area contributed by atoms with E-state index in [0.29, 0.717) is 11.0 Å². The first-order valence-electron chi connectivity index (χ1n) is 6.69. The van der Waals surface area contributed by atoms with Crippen LogP contribution in [0.5, 0.6) is 0 Å². The van der Waals surface area contributed by atoms with Gasteiger partial charge in [0.05, 0.1) is 0 Å². The Morgan fingerprint density at radius 2 is 2.00 bits per heavy atom. The molecular formula is C14H27N. The molecule has 0 bridgehead atoms. The summed E-state index contributed by atoms with van der Waals surface area (Å²) in [5.74, 6) is 0.866. The van der Waals surface area contributed by atoms with Crippen LogP contribution in [-0.4, -0.2) is 23.5 Å². The standard InChI is InChI=1S/C14H27N/c1-12(2)6-8-14-7-5-9-15(14)11-13(3,4)10-14/h12H,5-11H2,1-4H3. The molecule has 2 aliphatic heterocycles. The maximum absolute atomic E-state index is 2.80. The van der Waals surface area contributed by atoms with Crippen molar-refractivity contribution in [2.24, 2.45) is 11.3 Å². The molecule has 0 N–H and O–H groups in total. The van der Waals surface area contributed by atoms with E-state index in [2.05, 4.69) is 32.6 Å². The first-order chi connectivity index (χ1) is 6.94. The molecule has 2 saturated heterocycles. The minimum atomic E-state index is 0.567. The molecule has 88 valence electrons. The molecule has 2 fully saturated rings. The van der Waals surface area contributed by atoms with Gasteiger partial charge in [0.1, 0.15) is 0 Å². The Morgan fingerprint density at radius 3 is 2.67 bits per heavy atom. The van der Waals surface area contributed by atoms with Crippen LogP contribution in [0.2, 0.25) is 0 Å². The highest BCUT2D eigenvalue weighted by molar-refractivity contribution is 5.05. The lowest BCUT2D eigenvalue weighted by Gasteiger charge is -2.33. The number of fused-ring (bicyclic) bond motifs is 1. The SMILES string of the molecule is CC(C)CCC12CCCN1CC(C)(C)C2. The molecule has 0 aromatic heterocycles. The second kappa shape index (κ2) is 3.76. The van der Waals surface area contributed by atoms with E-state index in [0.717, 1.165) is 5.92 Å². The van der Waals surface area contributed by atoms with E-state index in [-0.39, 0.29) is 0 Å². The quantitative estimate of drug-likeness (QED) is 0.685. The van der Waals surface area contributed by atoms with E-state index in [9.17, 15) is 0 Å². The van der Waals surface area contributed by atoms with Crippen LogP contribution in [0, 0.1) is 11.3 Å². The molecule has 1 atom stereocenters. The molecular weight excluding hydrogens is 182 g/mol. The van der Waals surface area contributed by atoms with Gasteiger partial charge >= 0.3 is 0 Å². The Bertz CT molecular complexity index is 231. The second-order valence-electron chi connectivity index (χ2n) is 7.02. The van der Waals surface area contributed by atoms with Crippen LogP contribution >= 0.6 is 0 Å². The Balaban J connectivity index is 2.04. The molecule has 0 amide bonds. The third-order valence-corrected chi connectivity index (χ3v) is 4.35. The van der Waals surface area contributed by atoms with Crippen molar-refractivity contribution in [2.75, 3.05) is 13.1 Å². The largest absolute Gasteiger partial charge is 0.297 e. The second-order valence-corrected chi connectivity index (χ2v) is 7.02. The highest BCUT2D eigenvalue weighted by Gasteiger charge is 2.50. The summed E-state index contributed by atoms with van der Waals surface area (Å²) in [5.41, 5.74) is 1.17. The van der Waals surface area contributed by atoms with Gasteiger partial charge in [-0.05, 0) is 50.0 Å². The lowest BCUT2D eigenvalue weighted by Crippen LogP contribution is -2.38. The van der Waals surface area contributed by atoms with Crippen LogP contribution in [-0.2, 0) is 0 Å². The summed E-state index contributed by atoms with van der Waals surface area (Å²) in [6.07, 6.45) is 7.19. The Labute approximate surface area is 95.2 Å². The lowest BCUT2D eigenvalue weighted by molar-refractivity contribution is 0.172. The van der Waals surface area contributed by atoms with Gasteiger partial charge in [-0.15, -0.1) is 0 Å². The van der Waals surface area contributed by atoms with Gasteiger partial charge in [-0.1, -0.05) is 27.7 Å². The Morgan fingerprint density at radius 1 is 1.27 bits per heavy atom. The molecule has 1 unspecified atom stereocenters. The zero-order valence-corrected chi connectivity index (χ0v) is 11.0. The van der Waals surface area contributed by atoms with Crippen LogP contribution in [0.4, 0.5) is 0 Å². The topological polar surface area (TPSA) is 3.24 Å². The molecule has 2 aliphatic rings. The molecule has 0 aromatic carbocycles. The summed E-state index contributed by atoms with van der Waals surface area (Å²) < 4.78 is 0. The minimum absolute atomic E-state index is 0.567. The van der Waals surface area contributed by atoms with Crippen molar-refractivity contribution in [1.29, 1.82) is 0 Å². The molecule has 2 heterocycles. The predicted molar refractivity (Wildman–Crippen MR) is 66.0 cm³/mol. The van der Waals surface area contributed by atoms with Crippen molar-refractivity contribution in [1.82, 2.24) is 4.90 Å². The molecule has 0 spiro atoms. The number of hydrogen-bond donors (Lipinski definition) is 0. The Hall–Kier alpha value is -0.0400. The third-order valence-electron chi connectivity index (χ3n) is 4.35. The molecule has 0 aromatic rings. The molecule has 1 heteroatoms. The first-order valence-corrected chi connectivity index (χ1v) is 6.69. The number of rotatable bonds is 3. The van der Waals surface area contributed by atoms with E-state index < -0.39 is 0 Å². The van der Waals surface area contributed by atoms with E-state index >= 15 is 0 Å². The van der Waals surface area contributed by atoms with Crippen molar-refractivity contribution in [3.63, 3.8) is 0 Å². The molecule has 15 heavy (non-hydrogen) atoms. The van der Waals surface area contributed by atoms with E-state index in [4.69, 9.17) is 0 Å². The summed E-state index contributed by atoms with van der Waals surface area (Å²) >= 11 is 0. The molecule has 0 aliphatic carbocycles. The monoisotopic (exact) mass is 209 g/mol. The van der Waals surface area contributed by atoms with Gasteiger partial charge in [0.15, 0.2) is 0 Å². The molecule has 1 nitrogen and oxygen atoms in total. The average Bonchev–Trinajstić information content (AvgIpc) is 2.53. The fraction of sp³-hybridized carbons (Fsp3) is 1.00. The smallest absolute Gasteiger partial charge is 0.0216 e. The van der Waals surface area contributed by atoms with E-state index in [1.54, 1.807) is 0 Å². The third kappa shape index (κ3) is 2.22. The maximum atomic E-state index is 2.80. The zero-order chi connectivity index (χ0) is 11.1. The predicted octanol–water partition coefficient (Wildman–Crippen LogP) is 3.69. The van der Waals surface area contributed by atoms with Crippen molar-refractivity contribution >= 4 is 0 Å². The summed E-state index contributed by atoms with van der Waals surface area (Å²) in [6.45, 7) is 12.3. The van der Waals surface area contributed by atoms with Gasteiger partial charge in [0.2, 0.25) is 0 Å². The van der Waals surface area contributed by atoms with Gasteiger partial charge in [0, 0.05) is 12.1 Å². The van der Waals surface area contributed by atoms with Gasteiger partial charge in [-0.3, -0.25) is 4.90 Å². The van der Waals surface area contributed by atoms with Crippen molar-refractivity contribution in [2.45, 2.75) is 65.3 Å². The fourth-order valence-corrected chi connectivity index (χ4v) is 3.83. The van der Waals surface area contributed by atoms with Crippen molar-refractivity contribution in [3.05, 3.63) is 0 Å². The summed E-state index contributed by atoms with van der Waals surface area (Å²) in [6, 6.07) is 0. The van der Waals surface area contributed by atoms with Crippen LogP contribution in [0.25, 0.3) is 0 Å². The lowest BCUT2D eigenvalue weighted by atomic mass is 9.79. The average molecular weight is 209 g/mol. The highest BCUT2D eigenvalue weighted by atomic mass is 15.3. The number of hydrogen-bond acceptors (Lipinski definition) is 1. The van der Waals surface area contributed by atoms with Crippen LogP contribution in [0.15, 0.2) is 0 Å². The van der Waals surface area contributed by atoms with Gasteiger partial charge in [-0.25, -0.2) is 0 Å². The van der Waals surface area contributed by atoms with Crippen LogP contribution in [0.1, 0.15) is 59.8 Å². The highest BCUT2D eigenvalue weighted by Crippen LogP contribution is 2.49. The first kappa shape index (κ1) is 11.4. The maximum Gasteiger partial charge on any atom is 0.0216 e. The number of nitrogens with zero attached hydrogens (tertiary/aromatic N) is 1. The molecule has 2 rings (SSSR count). The summed E-state index contributed by atoms with van der Waals surface area (Å²) in [5, 5.41) is 0. The van der Waals surface area contributed by atoms with Crippen molar-refractivity contribution < 1.29 is 0 Å². The summed E-state index contributed by atoms with van der Waals surface area (Å²) in [7, 11) is 0. The van der Waals surface area contributed by atoms with Gasteiger partial charge in [-0.2, -0.15) is 0 Å². The molecule has 0 radical (unpaired) electrons. The van der Waals surface area contributed by atoms with Gasteiger partial charge < -0.3 is 0 Å². The minimum Gasteiger partial charge on any atom is -0.297 e. The zero-order valence-electron chi connectivity index (χ0n) is 11.0. The molecule has 0 saturated carbocycles. The fourth-order valence-electron chi connectivity index (χ4n) is 3.83. The normalized spacial score (nSPS) is 35.0. The van der Waals surface area contributed by atoms with Crippen LogP contribution < -0.4 is 0 Å². The van der Waals surface area contributed by atoms with Crippen LogP contribution in [0.3, 0.4) is 0 Å². The van der Waals surface area contributed by atoms with Crippen molar-refractivity contribution in [3.8, 4) is 0 Å². The summed E-state index contributed by atoms with van der Waals surface area (Å²) in [4.78, 5) is 2.80. The van der Waals surface area contributed by atoms with Gasteiger partial charge in [0.25, 0.3) is 0 Å². The van der Waals surface area contributed by atoms with E-state index in [1.165, 1.54) is 45.2 Å². The van der Waals surface area contributed by atoms with E-state index in [1.807, 2.05) is 0 Å². The Kier molecular flexibility index (Phi) is 2.87.